The van der Waals surface area contributed by atoms with Gasteiger partial charge in [-0.2, -0.15) is 0 Å². The topological polar surface area (TPSA) is 80.6 Å². The summed E-state index contributed by atoms with van der Waals surface area (Å²) in [5.74, 6) is 0.414. The molecular formula is C22H22N2O4. The van der Waals surface area contributed by atoms with Crippen molar-refractivity contribution in [1.29, 1.82) is 0 Å². The fraction of sp³-hybridized carbons (Fsp3) is 0.182. The summed E-state index contributed by atoms with van der Waals surface area (Å²) in [5, 5.41) is 5.64. The first-order chi connectivity index (χ1) is 13.4. The highest BCUT2D eigenvalue weighted by atomic mass is 16.5. The van der Waals surface area contributed by atoms with Crippen LogP contribution >= 0.6 is 0 Å². The summed E-state index contributed by atoms with van der Waals surface area (Å²) in [6.07, 6.45) is 1.52. The summed E-state index contributed by atoms with van der Waals surface area (Å²) in [7, 11) is 0. The molecule has 0 bridgehead atoms. The Hall–Kier alpha value is -3.54. The van der Waals surface area contributed by atoms with E-state index in [0.717, 1.165) is 11.3 Å². The van der Waals surface area contributed by atoms with Crippen LogP contribution < -0.4 is 15.4 Å². The van der Waals surface area contributed by atoms with E-state index < -0.39 is 0 Å². The van der Waals surface area contributed by atoms with Gasteiger partial charge < -0.3 is 19.8 Å². The van der Waals surface area contributed by atoms with Crippen LogP contribution in [0.3, 0.4) is 0 Å². The molecule has 144 valence electrons. The number of ether oxygens (including phenoxy) is 1. The molecule has 1 aromatic heterocycles. The number of nitrogens with one attached hydrogen (secondary N) is 2. The van der Waals surface area contributed by atoms with Crippen molar-refractivity contribution in [3.63, 3.8) is 0 Å². The number of furan rings is 1. The van der Waals surface area contributed by atoms with E-state index >= 15 is 0 Å². The molecule has 6 nitrogen and oxygen atoms in total. The molecule has 0 fully saturated rings. The largest absolute Gasteiger partial charge is 0.491 e. The predicted molar refractivity (Wildman–Crippen MR) is 108 cm³/mol. The van der Waals surface area contributed by atoms with Crippen molar-refractivity contribution < 1.29 is 18.7 Å². The summed E-state index contributed by atoms with van der Waals surface area (Å²) < 4.78 is 10.7. The number of carbonyl (C=O) groups is 2. The van der Waals surface area contributed by atoms with Gasteiger partial charge in [0.1, 0.15) is 5.75 Å². The molecule has 0 saturated heterocycles. The number of amides is 2. The van der Waals surface area contributed by atoms with Crippen molar-refractivity contribution >= 4 is 23.2 Å². The second-order valence-electron chi connectivity index (χ2n) is 6.61. The van der Waals surface area contributed by atoms with Gasteiger partial charge in [-0.25, -0.2) is 0 Å². The summed E-state index contributed by atoms with van der Waals surface area (Å²) in [6.45, 7) is 5.75. The van der Waals surface area contributed by atoms with Crippen LogP contribution in [-0.4, -0.2) is 17.9 Å². The normalized spacial score (nSPS) is 10.6. The summed E-state index contributed by atoms with van der Waals surface area (Å²) >= 11 is 0. The van der Waals surface area contributed by atoms with Crippen molar-refractivity contribution in [2.24, 2.45) is 0 Å². The van der Waals surface area contributed by atoms with Gasteiger partial charge in [0.25, 0.3) is 11.8 Å². The molecule has 0 aliphatic carbocycles. The Morgan fingerprint density at radius 2 is 1.71 bits per heavy atom. The monoisotopic (exact) mass is 378 g/mol. The molecule has 3 rings (SSSR count). The highest BCUT2D eigenvalue weighted by Gasteiger charge is 2.12. The van der Waals surface area contributed by atoms with E-state index in [1.807, 2.05) is 20.8 Å². The number of rotatable bonds is 6. The zero-order chi connectivity index (χ0) is 20.1. The second kappa shape index (κ2) is 8.43. The van der Waals surface area contributed by atoms with Crippen LogP contribution in [-0.2, 0) is 0 Å². The van der Waals surface area contributed by atoms with E-state index in [2.05, 4.69) is 10.6 Å². The van der Waals surface area contributed by atoms with Gasteiger partial charge in [-0.1, -0.05) is 0 Å². The first-order valence-electron chi connectivity index (χ1n) is 8.96. The Morgan fingerprint density at radius 1 is 0.964 bits per heavy atom. The molecular weight excluding hydrogens is 356 g/mol. The molecule has 0 aliphatic rings. The summed E-state index contributed by atoms with van der Waals surface area (Å²) in [4.78, 5) is 24.5. The Morgan fingerprint density at radius 3 is 2.32 bits per heavy atom. The van der Waals surface area contributed by atoms with Gasteiger partial charge in [-0.15, -0.1) is 0 Å². The second-order valence-corrected chi connectivity index (χ2v) is 6.61. The summed E-state index contributed by atoms with van der Waals surface area (Å²) in [5.41, 5.74) is 2.64. The minimum Gasteiger partial charge on any atom is -0.491 e. The standard InChI is InChI=1S/C22H22N2O4/c1-14(2)28-18-9-6-16(7-10-18)21(25)23-17-8-11-19(15(3)13-17)24-22(26)20-5-4-12-27-20/h4-14H,1-3H3,(H,23,25)(H,24,26). The van der Waals surface area contributed by atoms with Gasteiger partial charge >= 0.3 is 0 Å². The van der Waals surface area contributed by atoms with Crippen LogP contribution in [0.2, 0.25) is 0 Å². The van der Waals surface area contributed by atoms with Gasteiger partial charge in [0.05, 0.1) is 12.4 Å². The maximum atomic E-state index is 12.4. The van der Waals surface area contributed by atoms with Crippen molar-refractivity contribution in [2.75, 3.05) is 10.6 Å². The average Bonchev–Trinajstić information content (AvgIpc) is 3.19. The van der Waals surface area contributed by atoms with E-state index in [4.69, 9.17) is 9.15 Å². The SMILES string of the molecule is Cc1cc(NC(=O)c2ccc(OC(C)C)cc2)ccc1NC(=O)c1ccco1. The number of hydrogen-bond acceptors (Lipinski definition) is 4. The maximum absolute atomic E-state index is 12.4. The predicted octanol–water partition coefficient (Wildman–Crippen LogP) is 4.88. The zero-order valence-electron chi connectivity index (χ0n) is 16.0. The van der Waals surface area contributed by atoms with E-state index in [-0.39, 0.29) is 23.7 Å². The van der Waals surface area contributed by atoms with Crippen LogP contribution in [0.1, 0.15) is 40.3 Å². The van der Waals surface area contributed by atoms with Crippen LogP contribution in [0.4, 0.5) is 11.4 Å². The minimum atomic E-state index is -0.325. The molecule has 0 atom stereocenters. The molecule has 2 aromatic carbocycles. The van der Waals surface area contributed by atoms with Crippen LogP contribution in [0.25, 0.3) is 0 Å². The van der Waals surface area contributed by atoms with Gasteiger partial charge in [-0.05, 0) is 80.9 Å². The first kappa shape index (κ1) is 19.2. The Kier molecular flexibility index (Phi) is 5.79. The fourth-order valence-corrected chi connectivity index (χ4v) is 2.63. The number of carbonyl (C=O) groups excluding carboxylic acids is 2. The van der Waals surface area contributed by atoms with Crippen LogP contribution in [0.5, 0.6) is 5.75 Å². The lowest BCUT2D eigenvalue weighted by molar-refractivity contribution is 0.0994. The van der Waals surface area contributed by atoms with Gasteiger partial charge in [-0.3, -0.25) is 9.59 Å². The van der Waals surface area contributed by atoms with E-state index in [0.29, 0.717) is 16.9 Å². The highest BCUT2D eigenvalue weighted by Crippen LogP contribution is 2.22. The quantitative estimate of drug-likeness (QED) is 0.641. The molecule has 0 unspecified atom stereocenters. The smallest absolute Gasteiger partial charge is 0.291 e. The molecule has 0 spiro atoms. The van der Waals surface area contributed by atoms with Crippen LogP contribution in [0, 0.1) is 6.92 Å². The van der Waals surface area contributed by atoms with Crippen molar-refractivity contribution in [1.82, 2.24) is 0 Å². The van der Waals surface area contributed by atoms with Gasteiger partial charge in [0.15, 0.2) is 5.76 Å². The van der Waals surface area contributed by atoms with Crippen molar-refractivity contribution in [2.45, 2.75) is 26.9 Å². The number of hydrogen-bond donors (Lipinski definition) is 2. The molecule has 2 amide bonds. The molecule has 0 saturated carbocycles. The first-order valence-corrected chi connectivity index (χ1v) is 8.96. The summed E-state index contributed by atoms with van der Waals surface area (Å²) in [6, 6.07) is 15.5. The lowest BCUT2D eigenvalue weighted by Gasteiger charge is -2.12. The average molecular weight is 378 g/mol. The molecule has 6 heteroatoms. The maximum Gasteiger partial charge on any atom is 0.291 e. The van der Waals surface area contributed by atoms with E-state index in [1.165, 1.54) is 6.26 Å². The third-order valence-corrected chi connectivity index (χ3v) is 3.97. The molecule has 28 heavy (non-hydrogen) atoms. The number of aryl methyl sites for hydroxylation is 1. The lowest BCUT2D eigenvalue weighted by atomic mass is 10.1. The molecule has 1 heterocycles. The third-order valence-electron chi connectivity index (χ3n) is 3.97. The Labute approximate surface area is 163 Å². The lowest BCUT2D eigenvalue weighted by Crippen LogP contribution is -2.14. The molecule has 0 aliphatic heterocycles. The number of benzene rings is 2. The highest BCUT2D eigenvalue weighted by molar-refractivity contribution is 6.05. The minimum absolute atomic E-state index is 0.0782. The molecule has 2 N–H and O–H groups in total. The zero-order valence-corrected chi connectivity index (χ0v) is 16.0. The van der Waals surface area contributed by atoms with Gasteiger partial charge in [0, 0.05) is 16.9 Å². The Balaban J connectivity index is 1.65. The molecule has 3 aromatic rings. The van der Waals surface area contributed by atoms with Crippen LogP contribution in [0.15, 0.2) is 65.3 Å². The van der Waals surface area contributed by atoms with E-state index in [9.17, 15) is 9.59 Å². The Bertz CT molecular complexity index is 961. The fourth-order valence-electron chi connectivity index (χ4n) is 2.63. The van der Waals surface area contributed by atoms with Gasteiger partial charge in [0.2, 0.25) is 0 Å². The third kappa shape index (κ3) is 4.79. The van der Waals surface area contributed by atoms with Crippen molar-refractivity contribution in [3.8, 4) is 5.75 Å². The van der Waals surface area contributed by atoms with E-state index in [1.54, 1.807) is 54.6 Å². The molecule has 0 radical (unpaired) electrons. The van der Waals surface area contributed by atoms with Crippen molar-refractivity contribution in [3.05, 3.63) is 77.7 Å². The number of anilines is 2.